The van der Waals surface area contributed by atoms with E-state index in [4.69, 9.17) is 4.42 Å². The van der Waals surface area contributed by atoms with Gasteiger partial charge in [-0.25, -0.2) is 0 Å². The van der Waals surface area contributed by atoms with Crippen LogP contribution in [0.25, 0.3) is 30.1 Å². The van der Waals surface area contributed by atoms with E-state index in [2.05, 4.69) is 29.5 Å². The van der Waals surface area contributed by atoms with Crippen LogP contribution in [0.3, 0.4) is 0 Å². The molecule has 5 nitrogen and oxygen atoms in total. The van der Waals surface area contributed by atoms with E-state index in [1.807, 2.05) is 44.2 Å². The summed E-state index contributed by atoms with van der Waals surface area (Å²) in [7, 11) is 0. The number of rotatable bonds is 6. The Bertz CT molecular complexity index is 1140. The average Bonchev–Trinajstić information content (AvgIpc) is 3.22. The van der Waals surface area contributed by atoms with E-state index in [0.29, 0.717) is 11.5 Å². The molecule has 0 spiro atoms. The number of hydrogen-bond donors (Lipinski definition) is 1. The third kappa shape index (κ3) is 5.76. The largest absolute Gasteiger partial charge is 0.457 e. The van der Waals surface area contributed by atoms with Gasteiger partial charge in [-0.05, 0) is 67.8 Å². The molecular formula is C26H29N3O2. The summed E-state index contributed by atoms with van der Waals surface area (Å²) in [6, 6.07) is 11.4. The van der Waals surface area contributed by atoms with Crippen molar-refractivity contribution in [3.8, 4) is 17.4 Å². The fraction of sp³-hybridized carbons (Fsp3) is 0.308. The first-order valence-electron chi connectivity index (χ1n) is 10.6. The highest BCUT2D eigenvalue weighted by atomic mass is 16.3. The van der Waals surface area contributed by atoms with Gasteiger partial charge in [0.05, 0.1) is 0 Å². The van der Waals surface area contributed by atoms with Crippen molar-refractivity contribution in [2.24, 2.45) is 0 Å². The number of allylic oxidation sites excluding steroid dienone is 1. The highest BCUT2D eigenvalue weighted by molar-refractivity contribution is 6.01. The number of amides is 1. The molecule has 3 rings (SSSR count). The van der Waals surface area contributed by atoms with Crippen LogP contribution in [0.1, 0.15) is 38.9 Å². The Morgan fingerprint density at radius 2 is 1.97 bits per heavy atom. The van der Waals surface area contributed by atoms with Gasteiger partial charge in [0.2, 0.25) is 0 Å². The summed E-state index contributed by atoms with van der Waals surface area (Å²) in [5.74, 6) is 0.689. The predicted octanol–water partition coefficient (Wildman–Crippen LogP) is 3.57. The number of furan rings is 1. The number of nitriles is 1. The molecule has 0 aliphatic carbocycles. The molecule has 1 aliphatic rings. The van der Waals surface area contributed by atoms with Crippen LogP contribution < -0.4 is 15.8 Å². The van der Waals surface area contributed by atoms with Crippen molar-refractivity contribution in [3.05, 3.63) is 64.4 Å². The molecular weight excluding hydrogens is 386 g/mol. The molecule has 1 fully saturated rings. The molecule has 1 N–H and O–H groups in total. The molecule has 1 aliphatic heterocycles. The molecule has 0 bridgehead atoms. The minimum Gasteiger partial charge on any atom is -0.457 e. The molecule has 5 heteroatoms. The van der Waals surface area contributed by atoms with E-state index < -0.39 is 5.91 Å². The van der Waals surface area contributed by atoms with Gasteiger partial charge in [-0.1, -0.05) is 25.3 Å². The maximum absolute atomic E-state index is 12.1. The minimum atomic E-state index is -0.413. The SMILES string of the molecule is C=C(/C=c1/ccc(-c2ccc(/C=C(\C#N)C(=O)NC(C)C)o2)cc1=C)N1CCCCC1. The Hall–Kier alpha value is -3.52. The molecule has 0 unspecified atom stereocenters. The van der Waals surface area contributed by atoms with Crippen LogP contribution >= 0.6 is 0 Å². The Morgan fingerprint density at radius 1 is 1.23 bits per heavy atom. The zero-order valence-corrected chi connectivity index (χ0v) is 18.3. The lowest BCUT2D eigenvalue weighted by molar-refractivity contribution is -0.117. The Balaban J connectivity index is 1.80. The van der Waals surface area contributed by atoms with Crippen molar-refractivity contribution in [2.75, 3.05) is 13.1 Å². The van der Waals surface area contributed by atoms with Gasteiger partial charge in [0, 0.05) is 36.5 Å². The minimum absolute atomic E-state index is 0.00798. The molecule has 1 aromatic heterocycles. The van der Waals surface area contributed by atoms with Crippen LogP contribution in [0.4, 0.5) is 0 Å². The first-order chi connectivity index (χ1) is 14.9. The van der Waals surface area contributed by atoms with Crippen LogP contribution in [-0.4, -0.2) is 29.9 Å². The number of piperidine rings is 1. The van der Waals surface area contributed by atoms with Crippen LogP contribution in [0.2, 0.25) is 0 Å². The van der Waals surface area contributed by atoms with Crippen LogP contribution in [0.15, 0.2) is 52.6 Å². The smallest absolute Gasteiger partial charge is 0.262 e. The lowest BCUT2D eigenvalue weighted by Crippen LogP contribution is -2.30. The second kappa shape index (κ2) is 9.99. The number of carbonyl (C=O) groups excluding carboxylic acids is 1. The van der Waals surface area contributed by atoms with Gasteiger partial charge < -0.3 is 14.6 Å². The molecule has 2 aromatic rings. The molecule has 31 heavy (non-hydrogen) atoms. The van der Waals surface area contributed by atoms with E-state index in [1.54, 1.807) is 6.07 Å². The summed E-state index contributed by atoms with van der Waals surface area (Å²) in [4.78, 5) is 14.4. The van der Waals surface area contributed by atoms with Crippen molar-refractivity contribution < 1.29 is 9.21 Å². The molecule has 0 radical (unpaired) electrons. The van der Waals surface area contributed by atoms with Crippen molar-refractivity contribution in [1.82, 2.24) is 10.2 Å². The predicted molar refractivity (Wildman–Crippen MR) is 125 cm³/mol. The maximum atomic E-state index is 12.1. The summed E-state index contributed by atoms with van der Waals surface area (Å²) < 4.78 is 5.86. The second-order valence-electron chi connectivity index (χ2n) is 8.10. The van der Waals surface area contributed by atoms with Crippen molar-refractivity contribution >= 4 is 24.6 Å². The number of likely N-dealkylation sites (tertiary alicyclic amines) is 1. The number of benzene rings is 1. The third-order valence-corrected chi connectivity index (χ3v) is 5.21. The normalized spacial score (nSPS) is 15.1. The van der Waals surface area contributed by atoms with Gasteiger partial charge >= 0.3 is 0 Å². The number of nitrogens with zero attached hydrogens (tertiary/aromatic N) is 2. The molecule has 1 aromatic carbocycles. The molecule has 2 heterocycles. The summed E-state index contributed by atoms with van der Waals surface area (Å²) >= 11 is 0. The standard InChI is InChI=1S/C26H29N3O2/c1-18(2)28-26(30)23(17-27)16-24-10-11-25(31-24)22-9-8-21(19(3)14-22)15-20(4)29-12-6-5-7-13-29/h8-11,14-16,18H,3-7,12-13H2,1-2H3,(H,28,30)/b21-15-,23-16+. The van der Waals surface area contributed by atoms with Crippen LogP contribution in [0, 0.1) is 11.3 Å². The number of hydrogen-bond acceptors (Lipinski definition) is 4. The second-order valence-corrected chi connectivity index (χ2v) is 8.10. The number of nitrogens with one attached hydrogen (secondary N) is 1. The van der Waals surface area contributed by atoms with Crippen molar-refractivity contribution in [1.29, 1.82) is 5.26 Å². The first-order valence-corrected chi connectivity index (χ1v) is 10.6. The molecule has 0 atom stereocenters. The van der Waals surface area contributed by atoms with Gasteiger partial charge in [0.1, 0.15) is 23.2 Å². The number of carbonyl (C=O) groups is 1. The van der Waals surface area contributed by atoms with Crippen LogP contribution in [-0.2, 0) is 4.79 Å². The summed E-state index contributed by atoms with van der Waals surface area (Å²) in [6.07, 6.45) is 7.25. The van der Waals surface area contributed by atoms with E-state index >= 15 is 0 Å². The van der Waals surface area contributed by atoms with Gasteiger partial charge in [0.15, 0.2) is 0 Å². The molecule has 1 amide bonds. The van der Waals surface area contributed by atoms with E-state index in [1.165, 1.54) is 25.3 Å². The highest BCUT2D eigenvalue weighted by Crippen LogP contribution is 2.22. The molecule has 1 saturated heterocycles. The summed E-state index contributed by atoms with van der Waals surface area (Å²) in [6.45, 7) is 14.2. The summed E-state index contributed by atoms with van der Waals surface area (Å²) in [5, 5.41) is 13.9. The maximum Gasteiger partial charge on any atom is 0.262 e. The van der Waals surface area contributed by atoms with Gasteiger partial charge in [-0.15, -0.1) is 0 Å². The van der Waals surface area contributed by atoms with Crippen molar-refractivity contribution in [2.45, 2.75) is 39.2 Å². The highest BCUT2D eigenvalue weighted by Gasteiger charge is 2.12. The quantitative estimate of drug-likeness (QED) is 0.578. The Kier molecular flexibility index (Phi) is 7.15. The lowest BCUT2D eigenvalue weighted by atomic mass is 10.1. The third-order valence-electron chi connectivity index (χ3n) is 5.21. The van der Waals surface area contributed by atoms with Gasteiger partial charge in [-0.3, -0.25) is 4.79 Å². The summed E-state index contributed by atoms with van der Waals surface area (Å²) in [5.41, 5.74) is 1.91. The average molecular weight is 416 g/mol. The van der Waals surface area contributed by atoms with Gasteiger partial charge in [-0.2, -0.15) is 5.26 Å². The van der Waals surface area contributed by atoms with Crippen molar-refractivity contribution in [3.63, 3.8) is 0 Å². The fourth-order valence-electron chi connectivity index (χ4n) is 3.57. The monoisotopic (exact) mass is 415 g/mol. The zero-order chi connectivity index (χ0) is 22.4. The van der Waals surface area contributed by atoms with E-state index in [-0.39, 0.29) is 11.6 Å². The van der Waals surface area contributed by atoms with E-state index in [9.17, 15) is 10.1 Å². The topological polar surface area (TPSA) is 69.3 Å². The Morgan fingerprint density at radius 3 is 2.61 bits per heavy atom. The molecule has 160 valence electrons. The lowest BCUT2D eigenvalue weighted by Gasteiger charge is -2.29. The first kappa shape index (κ1) is 22.2. The van der Waals surface area contributed by atoms with Gasteiger partial charge in [0.25, 0.3) is 5.91 Å². The van der Waals surface area contributed by atoms with Crippen LogP contribution in [0.5, 0.6) is 0 Å². The fourth-order valence-corrected chi connectivity index (χ4v) is 3.57. The van der Waals surface area contributed by atoms with E-state index in [0.717, 1.165) is 34.8 Å². The zero-order valence-electron chi connectivity index (χ0n) is 18.3. The molecule has 0 saturated carbocycles. The Labute approximate surface area is 183 Å².